The predicted molar refractivity (Wildman–Crippen MR) is 66.7 cm³/mol. The molecule has 0 spiro atoms. The van der Waals surface area contributed by atoms with E-state index in [-0.39, 0.29) is 24.5 Å². The van der Waals surface area contributed by atoms with Crippen LogP contribution in [0.1, 0.15) is 39.5 Å². The van der Waals surface area contributed by atoms with E-state index < -0.39 is 0 Å². The van der Waals surface area contributed by atoms with Crippen LogP contribution in [0, 0.1) is 5.92 Å². The average molecular weight is 243 g/mol. The van der Waals surface area contributed by atoms with Crippen LogP contribution in [-0.2, 0) is 9.53 Å². The highest BCUT2D eigenvalue weighted by Crippen LogP contribution is 2.18. The number of hydrogen-bond acceptors (Lipinski definition) is 4. The molecule has 0 aromatic heterocycles. The Bertz CT molecular complexity index is 233. The van der Waals surface area contributed by atoms with E-state index in [1.54, 1.807) is 0 Å². The molecule has 1 rings (SSSR count). The molecule has 100 valence electrons. The molecule has 2 atom stereocenters. The number of carbonyl (C=O) groups excluding carboxylic acids is 1. The van der Waals surface area contributed by atoms with Gasteiger partial charge in [-0.15, -0.1) is 0 Å². The summed E-state index contributed by atoms with van der Waals surface area (Å²) in [6, 6.07) is 0.217. The van der Waals surface area contributed by atoms with E-state index in [1.807, 2.05) is 13.8 Å². The van der Waals surface area contributed by atoms with Gasteiger partial charge in [-0.05, 0) is 26.3 Å². The number of likely N-dealkylation sites (tertiary alicyclic amines) is 1. The van der Waals surface area contributed by atoms with Gasteiger partial charge in [0.2, 0.25) is 0 Å². The van der Waals surface area contributed by atoms with Crippen LogP contribution in [0.25, 0.3) is 0 Å². The highest BCUT2D eigenvalue weighted by atomic mass is 16.5. The second kappa shape index (κ2) is 7.67. The SMILES string of the molecule is CCOC(=O)C(C)CN1CCCCCC1CO. The van der Waals surface area contributed by atoms with Crippen LogP contribution < -0.4 is 0 Å². The Kier molecular flexibility index (Phi) is 6.52. The number of ether oxygens (including phenoxy) is 1. The molecule has 1 saturated heterocycles. The van der Waals surface area contributed by atoms with Gasteiger partial charge in [-0.3, -0.25) is 9.69 Å². The van der Waals surface area contributed by atoms with Gasteiger partial charge >= 0.3 is 5.97 Å². The fourth-order valence-corrected chi connectivity index (χ4v) is 2.39. The van der Waals surface area contributed by atoms with Crippen molar-refractivity contribution in [2.24, 2.45) is 5.92 Å². The molecule has 0 aromatic carbocycles. The van der Waals surface area contributed by atoms with E-state index in [9.17, 15) is 9.90 Å². The summed E-state index contributed by atoms with van der Waals surface area (Å²) in [7, 11) is 0. The zero-order chi connectivity index (χ0) is 12.7. The standard InChI is InChI=1S/C13H25NO3/c1-3-17-13(16)11(2)9-14-8-6-4-5-7-12(14)10-15/h11-12,15H,3-10H2,1-2H3. The number of hydrogen-bond donors (Lipinski definition) is 1. The van der Waals surface area contributed by atoms with Crippen molar-refractivity contribution in [3.8, 4) is 0 Å². The maximum Gasteiger partial charge on any atom is 0.309 e. The highest BCUT2D eigenvalue weighted by Gasteiger charge is 2.24. The number of rotatable bonds is 5. The molecule has 0 saturated carbocycles. The summed E-state index contributed by atoms with van der Waals surface area (Å²) in [6.45, 7) is 6.03. The average Bonchev–Trinajstić information content (AvgIpc) is 2.54. The molecule has 0 aromatic rings. The highest BCUT2D eigenvalue weighted by molar-refractivity contribution is 5.72. The van der Waals surface area contributed by atoms with Crippen LogP contribution in [0.5, 0.6) is 0 Å². The molecule has 1 N–H and O–H groups in total. The minimum absolute atomic E-state index is 0.109. The molecule has 0 amide bonds. The van der Waals surface area contributed by atoms with Gasteiger partial charge in [0.25, 0.3) is 0 Å². The first-order valence-corrected chi connectivity index (χ1v) is 6.70. The van der Waals surface area contributed by atoms with Gasteiger partial charge in [-0.1, -0.05) is 19.8 Å². The molecule has 4 heteroatoms. The summed E-state index contributed by atoms with van der Waals surface area (Å²) >= 11 is 0. The minimum atomic E-state index is -0.131. The number of aliphatic hydroxyl groups is 1. The van der Waals surface area contributed by atoms with E-state index in [1.165, 1.54) is 12.8 Å². The Balaban J connectivity index is 2.48. The first kappa shape index (κ1) is 14.5. The van der Waals surface area contributed by atoms with E-state index in [4.69, 9.17) is 4.74 Å². The van der Waals surface area contributed by atoms with E-state index in [0.29, 0.717) is 13.2 Å². The van der Waals surface area contributed by atoms with Crippen LogP contribution in [0.4, 0.5) is 0 Å². The third-order valence-electron chi connectivity index (χ3n) is 3.41. The van der Waals surface area contributed by atoms with Crippen LogP contribution >= 0.6 is 0 Å². The Labute approximate surface area is 104 Å². The molecule has 0 bridgehead atoms. The molecule has 1 aliphatic rings. The summed E-state index contributed by atoms with van der Waals surface area (Å²) in [5.74, 6) is -0.240. The zero-order valence-electron chi connectivity index (χ0n) is 11.0. The number of nitrogens with zero attached hydrogens (tertiary/aromatic N) is 1. The molecule has 0 aliphatic carbocycles. The first-order valence-electron chi connectivity index (χ1n) is 6.70. The third kappa shape index (κ3) is 4.64. The molecule has 1 fully saturated rings. The Morgan fingerprint density at radius 1 is 1.47 bits per heavy atom. The lowest BCUT2D eigenvalue weighted by Gasteiger charge is -2.30. The lowest BCUT2D eigenvalue weighted by molar-refractivity contribution is -0.148. The van der Waals surface area contributed by atoms with Gasteiger partial charge in [-0.25, -0.2) is 0 Å². The summed E-state index contributed by atoms with van der Waals surface area (Å²) in [5, 5.41) is 9.38. The normalized spacial score (nSPS) is 24.1. The van der Waals surface area contributed by atoms with E-state index in [2.05, 4.69) is 4.90 Å². The van der Waals surface area contributed by atoms with Crippen LogP contribution in [-0.4, -0.2) is 48.3 Å². The monoisotopic (exact) mass is 243 g/mol. The van der Waals surface area contributed by atoms with Gasteiger partial charge in [0.15, 0.2) is 0 Å². The summed E-state index contributed by atoms with van der Waals surface area (Å²) < 4.78 is 5.02. The van der Waals surface area contributed by atoms with E-state index >= 15 is 0 Å². The maximum absolute atomic E-state index is 11.6. The lowest BCUT2D eigenvalue weighted by atomic mass is 10.1. The number of esters is 1. The molecule has 1 aliphatic heterocycles. The van der Waals surface area contributed by atoms with Gasteiger partial charge in [0, 0.05) is 12.6 Å². The van der Waals surface area contributed by atoms with Crippen molar-refractivity contribution in [3.63, 3.8) is 0 Å². The summed E-state index contributed by atoms with van der Waals surface area (Å²) in [5.41, 5.74) is 0. The van der Waals surface area contributed by atoms with Crippen molar-refractivity contribution >= 4 is 5.97 Å². The molecule has 2 unspecified atom stereocenters. The van der Waals surface area contributed by atoms with Crippen molar-refractivity contribution in [2.45, 2.75) is 45.6 Å². The van der Waals surface area contributed by atoms with Crippen LogP contribution in [0.3, 0.4) is 0 Å². The number of carbonyl (C=O) groups is 1. The topological polar surface area (TPSA) is 49.8 Å². The maximum atomic E-state index is 11.6. The first-order chi connectivity index (χ1) is 8.19. The van der Waals surface area contributed by atoms with E-state index in [0.717, 1.165) is 19.4 Å². The lowest BCUT2D eigenvalue weighted by Crippen LogP contribution is -2.41. The van der Waals surface area contributed by atoms with Crippen molar-refractivity contribution < 1.29 is 14.6 Å². The van der Waals surface area contributed by atoms with Crippen molar-refractivity contribution in [1.82, 2.24) is 4.90 Å². The minimum Gasteiger partial charge on any atom is -0.466 e. The predicted octanol–water partition coefficient (Wildman–Crippen LogP) is 1.42. The smallest absolute Gasteiger partial charge is 0.309 e. The fourth-order valence-electron chi connectivity index (χ4n) is 2.39. The largest absolute Gasteiger partial charge is 0.466 e. The Morgan fingerprint density at radius 3 is 2.88 bits per heavy atom. The molecular weight excluding hydrogens is 218 g/mol. The Morgan fingerprint density at radius 2 is 2.24 bits per heavy atom. The van der Waals surface area contributed by atoms with Crippen LogP contribution in [0.15, 0.2) is 0 Å². The fraction of sp³-hybridized carbons (Fsp3) is 0.923. The second-order valence-electron chi connectivity index (χ2n) is 4.83. The zero-order valence-corrected chi connectivity index (χ0v) is 11.0. The van der Waals surface area contributed by atoms with Gasteiger partial charge in [0.05, 0.1) is 19.1 Å². The molecule has 4 nitrogen and oxygen atoms in total. The van der Waals surface area contributed by atoms with Gasteiger partial charge in [-0.2, -0.15) is 0 Å². The molecular formula is C13H25NO3. The molecule has 1 heterocycles. The van der Waals surface area contributed by atoms with Crippen molar-refractivity contribution in [2.75, 3.05) is 26.3 Å². The second-order valence-corrected chi connectivity index (χ2v) is 4.83. The van der Waals surface area contributed by atoms with Crippen molar-refractivity contribution in [1.29, 1.82) is 0 Å². The van der Waals surface area contributed by atoms with Crippen molar-refractivity contribution in [3.05, 3.63) is 0 Å². The van der Waals surface area contributed by atoms with Gasteiger partial charge in [0.1, 0.15) is 0 Å². The number of aliphatic hydroxyl groups excluding tert-OH is 1. The summed E-state index contributed by atoms with van der Waals surface area (Å²) in [6.07, 6.45) is 4.59. The molecule has 17 heavy (non-hydrogen) atoms. The Hall–Kier alpha value is -0.610. The van der Waals surface area contributed by atoms with Gasteiger partial charge < -0.3 is 9.84 Å². The quantitative estimate of drug-likeness (QED) is 0.742. The van der Waals surface area contributed by atoms with Crippen LogP contribution in [0.2, 0.25) is 0 Å². The molecule has 0 radical (unpaired) electrons. The third-order valence-corrected chi connectivity index (χ3v) is 3.41. The summed E-state index contributed by atoms with van der Waals surface area (Å²) in [4.78, 5) is 13.8.